The van der Waals surface area contributed by atoms with Crippen LogP contribution < -0.4 is 0 Å². The van der Waals surface area contributed by atoms with E-state index in [4.69, 9.17) is 0 Å². The van der Waals surface area contributed by atoms with Crippen molar-refractivity contribution in [2.24, 2.45) is 0 Å². The van der Waals surface area contributed by atoms with Gasteiger partial charge in [0, 0.05) is 15.5 Å². The van der Waals surface area contributed by atoms with E-state index in [0.29, 0.717) is 5.92 Å². The molecular weight excluding hydrogens is 441 g/mol. The molecule has 30 heavy (non-hydrogen) atoms. The van der Waals surface area contributed by atoms with Crippen molar-refractivity contribution in [1.29, 1.82) is 0 Å². The number of fused-ring (bicyclic) bond motifs is 1. The van der Waals surface area contributed by atoms with E-state index < -0.39 is 0 Å². The topological polar surface area (TPSA) is 0 Å². The highest BCUT2D eigenvalue weighted by Crippen LogP contribution is 2.32. The minimum absolute atomic E-state index is 0.537. The molecule has 0 spiro atoms. The highest BCUT2D eigenvalue weighted by molar-refractivity contribution is 8.68. The van der Waals surface area contributed by atoms with Crippen LogP contribution in [0.1, 0.15) is 48.9 Å². The maximum absolute atomic E-state index is 4.48. The molecule has 0 saturated heterocycles. The zero-order valence-corrected chi connectivity index (χ0v) is 22.1. The highest BCUT2D eigenvalue weighted by Gasteiger charge is 2.10. The summed E-state index contributed by atoms with van der Waals surface area (Å²) >= 11 is 12.5. The molecular formula is C26H34S4. The molecule has 0 fully saturated rings. The van der Waals surface area contributed by atoms with Gasteiger partial charge < -0.3 is 0 Å². The predicted molar refractivity (Wildman–Crippen MR) is 149 cm³/mol. The van der Waals surface area contributed by atoms with Gasteiger partial charge in [-0.25, -0.2) is 0 Å². The number of rotatable bonds is 4. The van der Waals surface area contributed by atoms with Gasteiger partial charge in [-0.1, -0.05) is 61.9 Å². The van der Waals surface area contributed by atoms with E-state index in [1.807, 2.05) is 18.2 Å². The summed E-state index contributed by atoms with van der Waals surface area (Å²) in [4.78, 5) is 2.06. The van der Waals surface area contributed by atoms with Crippen LogP contribution in [-0.2, 0) is 6.42 Å². The lowest BCUT2D eigenvalue weighted by Gasteiger charge is -2.15. The van der Waals surface area contributed by atoms with Gasteiger partial charge in [0.2, 0.25) is 0 Å². The van der Waals surface area contributed by atoms with Gasteiger partial charge in [0.25, 0.3) is 0 Å². The molecule has 0 amide bonds. The van der Waals surface area contributed by atoms with E-state index in [-0.39, 0.29) is 0 Å². The van der Waals surface area contributed by atoms with Crippen LogP contribution in [0.15, 0.2) is 71.0 Å². The van der Waals surface area contributed by atoms with Gasteiger partial charge in [0.05, 0.1) is 0 Å². The van der Waals surface area contributed by atoms with Crippen molar-refractivity contribution in [2.75, 3.05) is 5.75 Å². The average molecular weight is 475 g/mol. The molecule has 3 aromatic rings. The second-order valence-electron chi connectivity index (χ2n) is 7.37. The second-order valence-corrected chi connectivity index (χ2v) is 10.0. The quantitative estimate of drug-likeness (QED) is 0.192. The first-order chi connectivity index (χ1) is 14.2. The Labute approximate surface area is 203 Å². The van der Waals surface area contributed by atoms with Crippen LogP contribution >= 0.6 is 47.7 Å². The van der Waals surface area contributed by atoms with E-state index in [2.05, 4.69) is 115 Å². The maximum atomic E-state index is 4.48. The van der Waals surface area contributed by atoms with Crippen LogP contribution in [0.5, 0.6) is 0 Å². The fourth-order valence-electron chi connectivity index (χ4n) is 3.03. The molecule has 0 atom stereocenters. The summed E-state index contributed by atoms with van der Waals surface area (Å²) < 4.78 is 0. The molecule has 3 rings (SSSR count). The van der Waals surface area contributed by atoms with Crippen molar-refractivity contribution in [2.45, 2.75) is 56.7 Å². The minimum atomic E-state index is 0.537. The van der Waals surface area contributed by atoms with Gasteiger partial charge in [-0.3, -0.25) is 0 Å². The molecule has 0 aliphatic heterocycles. The van der Waals surface area contributed by atoms with E-state index in [1.165, 1.54) is 33.0 Å². The Morgan fingerprint density at radius 1 is 0.967 bits per heavy atom. The fourth-order valence-corrected chi connectivity index (χ4v) is 3.45. The third kappa shape index (κ3) is 8.66. The summed E-state index contributed by atoms with van der Waals surface area (Å²) in [5.41, 5.74) is 5.45. The van der Waals surface area contributed by atoms with Crippen molar-refractivity contribution in [3.63, 3.8) is 0 Å². The molecule has 0 radical (unpaired) electrons. The molecule has 4 heteroatoms. The smallest absolute Gasteiger partial charge is 0.00492 e. The van der Waals surface area contributed by atoms with Crippen molar-refractivity contribution >= 4 is 58.5 Å². The zero-order valence-electron chi connectivity index (χ0n) is 18.6. The van der Waals surface area contributed by atoms with E-state index in [9.17, 15) is 0 Å². The standard InChI is InChI=1S/C15H18S.C9H10S.C2H6S2/c1-9(2)14-8-13(16)7-12-6-5-10(3)11(4)15(12)14;1-2-3-8-4-6-9(10)7-5-8;1-2-4-3/h5-9,16H,1-4H3;2,4-7,10H,1,3H2;3H,2H2,1H3. The lowest BCUT2D eigenvalue weighted by Crippen LogP contribution is -1.94. The van der Waals surface area contributed by atoms with Crippen LogP contribution in [-0.4, -0.2) is 5.75 Å². The number of benzene rings is 3. The van der Waals surface area contributed by atoms with Gasteiger partial charge in [-0.2, -0.15) is 0 Å². The van der Waals surface area contributed by atoms with Gasteiger partial charge in [-0.15, -0.1) is 43.5 Å². The lowest BCUT2D eigenvalue weighted by atomic mass is 9.91. The van der Waals surface area contributed by atoms with Gasteiger partial charge in [0.1, 0.15) is 0 Å². The predicted octanol–water partition coefficient (Wildman–Crippen LogP) is 9.16. The number of allylic oxidation sites excluding steroid dienone is 1. The number of thiol groups is 3. The summed E-state index contributed by atoms with van der Waals surface area (Å²) in [5, 5.41) is 2.71. The summed E-state index contributed by atoms with van der Waals surface area (Å²) in [6, 6.07) is 16.8. The molecule has 0 heterocycles. The number of hydrogen-bond acceptors (Lipinski definition) is 4. The molecule has 0 aliphatic carbocycles. The Morgan fingerprint density at radius 3 is 2.07 bits per heavy atom. The Balaban J connectivity index is 0.000000274. The maximum Gasteiger partial charge on any atom is 0.00492 e. The molecule has 0 aromatic heterocycles. The van der Waals surface area contributed by atoms with Crippen molar-refractivity contribution < 1.29 is 0 Å². The Bertz CT molecular complexity index is 926. The van der Waals surface area contributed by atoms with Crippen molar-refractivity contribution in [3.05, 3.63) is 83.4 Å². The third-order valence-corrected chi connectivity index (χ3v) is 6.32. The molecule has 162 valence electrons. The Hall–Kier alpha value is -0.940. The molecule has 0 aliphatic rings. The monoisotopic (exact) mass is 474 g/mol. The fraction of sp³-hybridized carbons (Fsp3) is 0.308. The first-order valence-electron chi connectivity index (χ1n) is 10.1. The Kier molecular flexibility index (Phi) is 12.8. The largest absolute Gasteiger partial charge is 0.143 e. The first-order valence-corrected chi connectivity index (χ1v) is 13.1. The van der Waals surface area contributed by atoms with Crippen molar-refractivity contribution in [3.8, 4) is 0 Å². The molecule has 0 saturated carbocycles. The average Bonchev–Trinajstić information content (AvgIpc) is 2.72. The van der Waals surface area contributed by atoms with Crippen LogP contribution in [0.25, 0.3) is 10.8 Å². The highest BCUT2D eigenvalue weighted by atomic mass is 33.1. The summed E-state index contributed by atoms with van der Waals surface area (Å²) in [5.74, 6) is 1.64. The third-order valence-electron chi connectivity index (χ3n) is 4.73. The minimum Gasteiger partial charge on any atom is -0.143 e. The van der Waals surface area contributed by atoms with Gasteiger partial charge >= 0.3 is 0 Å². The number of hydrogen-bond donors (Lipinski definition) is 3. The van der Waals surface area contributed by atoms with Gasteiger partial charge in [0.15, 0.2) is 0 Å². The molecule has 0 unspecified atom stereocenters. The Morgan fingerprint density at radius 2 is 1.57 bits per heavy atom. The molecule has 0 nitrogen and oxygen atoms in total. The molecule has 0 bridgehead atoms. The van der Waals surface area contributed by atoms with Gasteiger partial charge in [-0.05, 0) is 83.5 Å². The van der Waals surface area contributed by atoms with Crippen LogP contribution in [0.3, 0.4) is 0 Å². The molecule has 0 N–H and O–H groups in total. The number of aryl methyl sites for hydroxylation is 2. The van der Waals surface area contributed by atoms with Crippen LogP contribution in [0.4, 0.5) is 0 Å². The van der Waals surface area contributed by atoms with Crippen LogP contribution in [0, 0.1) is 13.8 Å². The van der Waals surface area contributed by atoms with Crippen LogP contribution in [0.2, 0.25) is 0 Å². The first kappa shape index (κ1) is 27.1. The lowest BCUT2D eigenvalue weighted by molar-refractivity contribution is 0.871. The molecule has 3 aromatic carbocycles. The summed E-state index contributed by atoms with van der Waals surface area (Å²) in [6.45, 7) is 14.6. The second kappa shape index (κ2) is 14.2. The summed E-state index contributed by atoms with van der Waals surface area (Å²) in [6.07, 6.45) is 2.83. The van der Waals surface area contributed by atoms with Crippen molar-refractivity contribution in [1.82, 2.24) is 0 Å². The SMILES string of the molecule is C=CCc1ccc(S)cc1.CCSS.Cc1ccc2cc(S)cc(C(C)C)c2c1C. The van der Waals surface area contributed by atoms with E-state index >= 15 is 0 Å². The summed E-state index contributed by atoms with van der Waals surface area (Å²) in [7, 11) is 1.55. The zero-order chi connectivity index (χ0) is 22.7. The normalized spacial score (nSPS) is 10.2. The van der Waals surface area contributed by atoms with E-state index in [0.717, 1.165) is 22.0 Å². The van der Waals surface area contributed by atoms with E-state index in [1.54, 1.807) is 10.8 Å².